The van der Waals surface area contributed by atoms with E-state index in [4.69, 9.17) is 4.74 Å². The van der Waals surface area contributed by atoms with Gasteiger partial charge in [-0.2, -0.15) is 5.10 Å². The Bertz CT molecular complexity index is 1530. The molecule has 1 aromatic carbocycles. The summed E-state index contributed by atoms with van der Waals surface area (Å²) in [6.45, 7) is 3.04. The van der Waals surface area contributed by atoms with Crippen LogP contribution in [0.3, 0.4) is 0 Å². The summed E-state index contributed by atoms with van der Waals surface area (Å²) in [4.78, 5) is 31.6. The van der Waals surface area contributed by atoms with Gasteiger partial charge in [-0.3, -0.25) is 14.5 Å². The van der Waals surface area contributed by atoms with Crippen molar-refractivity contribution in [3.05, 3.63) is 78.5 Å². The van der Waals surface area contributed by atoms with Gasteiger partial charge in [0.1, 0.15) is 23.6 Å². The number of benzene rings is 1. The van der Waals surface area contributed by atoms with E-state index in [-0.39, 0.29) is 5.78 Å². The molecule has 0 bridgehead atoms. The molecule has 0 saturated carbocycles. The maximum Gasteiger partial charge on any atom is 0.143 e. The SMILES string of the molecule is Cn1nc(-c2cccnc2)cc1CC(=O)Cc1ccc(-c2cc3c(N4CCOCC4)ncnc3[nH]2)cc1. The number of hydrogen-bond donors (Lipinski definition) is 1. The molecule has 1 aliphatic heterocycles. The average Bonchev–Trinajstić information content (AvgIpc) is 3.53. The number of pyridine rings is 1. The van der Waals surface area contributed by atoms with Crippen LogP contribution in [0.1, 0.15) is 11.3 Å². The fourth-order valence-corrected chi connectivity index (χ4v) is 4.73. The number of ether oxygens (including phenoxy) is 1. The molecule has 0 spiro atoms. The van der Waals surface area contributed by atoms with Gasteiger partial charge in [0.25, 0.3) is 0 Å². The molecule has 37 heavy (non-hydrogen) atoms. The summed E-state index contributed by atoms with van der Waals surface area (Å²) in [5.74, 6) is 1.07. The molecular weight excluding hydrogens is 466 g/mol. The Balaban J connectivity index is 1.15. The number of aromatic amines is 1. The van der Waals surface area contributed by atoms with Crippen LogP contribution in [0.25, 0.3) is 33.5 Å². The van der Waals surface area contributed by atoms with Crippen molar-refractivity contribution in [1.29, 1.82) is 0 Å². The summed E-state index contributed by atoms with van der Waals surface area (Å²) < 4.78 is 7.25. The fraction of sp³-hybridized carbons (Fsp3) is 0.250. The average molecular weight is 494 g/mol. The third kappa shape index (κ3) is 4.85. The predicted octanol–water partition coefficient (Wildman–Crippen LogP) is 3.61. The van der Waals surface area contributed by atoms with Gasteiger partial charge in [0.2, 0.25) is 0 Å². The van der Waals surface area contributed by atoms with Crippen LogP contribution in [0, 0.1) is 0 Å². The second kappa shape index (κ2) is 9.94. The molecule has 5 aromatic rings. The Morgan fingerprint density at radius 1 is 1.03 bits per heavy atom. The number of morpholine rings is 1. The Labute approximate surface area is 214 Å². The van der Waals surface area contributed by atoms with E-state index in [0.717, 1.165) is 63.7 Å². The Hall–Kier alpha value is -4.37. The molecule has 0 amide bonds. The highest BCUT2D eigenvalue weighted by Gasteiger charge is 2.18. The molecule has 0 unspecified atom stereocenters. The largest absolute Gasteiger partial charge is 0.378 e. The summed E-state index contributed by atoms with van der Waals surface area (Å²) in [7, 11) is 1.87. The zero-order valence-corrected chi connectivity index (χ0v) is 20.6. The molecule has 186 valence electrons. The normalized spacial score (nSPS) is 13.8. The maximum absolute atomic E-state index is 12.9. The van der Waals surface area contributed by atoms with Gasteiger partial charge in [0.15, 0.2) is 0 Å². The highest BCUT2D eigenvalue weighted by molar-refractivity contribution is 5.92. The van der Waals surface area contributed by atoms with E-state index in [1.54, 1.807) is 23.4 Å². The molecule has 1 saturated heterocycles. The van der Waals surface area contributed by atoms with Gasteiger partial charge in [0, 0.05) is 62.3 Å². The smallest absolute Gasteiger partial charge is 0.143 e. The number of H-pyrrole nitrogens is 1. The Morgan fingerprint density at radius 2 is 1.86 bits per heavy atom. The van der Waals surface area contributed by atoms with Crippen LogP contribution in [0.5, 0.6) is 0 Å². The van der Waals surface area contributed by atoms with Crippen LogP contribution in [0.2, 0.25) is 0 Å². The summed E-state index contributed by atoms with van der Waals surface area (Å²) in [5.41, 5.74) is 6.45. The molecule has 5 heterocycles. The van der Waals surface area contributed by atoms with Crippen LogP contribution >= 0.6 is 0 Å². The van der Waals surface area contributed by atoms with Gasteiger partial charge >= 0.3 is 0 Å². The van der Waals surface area contributed by atoms with E-state index in [2.05, 4.69) is 36.0 Å². The number of rotatable bonds is 7. The van der Waals surface area contributed by atoms with E-state index in [1.807, 2.05) is 49.5 Å². The third-order valence-electron chi connectivity index (χ3n) is 6.69. The molecular formula is C28H27N7O2. The van der Waals surface area contributed by atoms with E-state index >= 15 is 0 Å². The van der Waals surface area contributed by atoms with Crippen LogP contribution < -0.4 is 4.90 Å². The number of aromatic nitrogens is 6. The summed E-state index contributed by atoms with van der Waals surface area (Å²) in [5, 5.41) is 5.54. The molecule has 0 aliphatic carbocycles. The van der Waals surface area contributed by atoms with Gasteiger partial charge in [0.05, 0.1) is 24.3 Å². The molecule has 1 aliphatic rings. The van der Waals surface area contributed by atoms with Gasteiger partial charge in [-0.1, -0.05) is 24.3 Å². The van der Waals surface area contributed by atoms with Crippen molar-refractivity contribution in [3.63, 3.8) is 0 Å². The van der Waals surface area contributed by atoms with E-state index in [1.165, 1.54) is 0 Å². The molecule has 9 heteroatoms. The lowest BCUT2D eigenvalue weighted by Gasteiger charge is -2.27. The standard InChI is InChI=1S/C28H27N7O2/c1-34-22(15-26(33-34)21-3-2-8-29-17-21)14-23(36)13-19-4-6-20(7-5-19)25-16-24-27(32-25)30-18-31-28(24)35-9-11-37-12-10-35/h2-8,15-18H,9-14H2,1H3,(H,30,31,32). The number of Topliss-reactive ketones (excluding diaryl/α,β-unsaturated/α-hetero) is 1. The topological polar surface area (TPSA) is 102 Å². The molecule has 0 atom stereocenters. The van der Waals surface area contributed by atoms with Crippen molar-refractivity contribution in [2.24, 2.45) is 7.05 Å². The number of nitrogens with one attached hydrogen (secondary N) is 1. The van der Waals surface area contributed by atoms with Crippen LogP contribution in [-0.2, 0) is 29.4 Å². The summed E-state index contributed by atoms with van der Waals surface area (Å²) in [6.07, 6.45) is 5.81. The van der Waals surface area contributed by atoms with Gasteiger partial charge < -0.3 is 14.6 Å². The summed E-state index contributed by atoms with van der Waals surface area (Å²) in [6, 6.07) is 16.0. The lowest BCUT2D eigenvalue weighted by Crippen LogP contribution is -2.36. The zero-order valence-electron chi connectivity index (χ0n) is 20.6. The Morgan fingerprint density at radius 3 is 2.65 bits per heavy atom. The first-order valence-electron chi connectivity index (χ1n) is 12.3. The Kier molecular flexibility index (Phi) is 6.20. The monoisotopic (exact) mass is 493 g/mol. The zero-order chi connectivity index (χ0) is 25.2. The number of carbonyl (C=O) groups excluding carboxylic acids is 1. The number of ketones is 1. The first-order chi connectivity index (χ1) is 18.1. The highest BCUT2D eigenvalue weighted by Crippen LogP contribution is 2.29. The van der Waals surface area contributed by atoms with Gasteiger partial charge in [-0.05, 0) is 35.4 Å². The van der Waals surface area contributed by atoms with Gasteiger partial charge in [-0.15, -0.1) is 0 Å². The number of hydrogen-bond acceptors (Lipinski definition) is 7. The molecule has 1 fully saturated rings. The fourth-order valence-electron chi connectivity index (χ4n) is 4.73. The van der Waals surface area contributed by atoms with Crippen molar-refractivity contribution >= 4 is 22.6 Å². The number of fused-ring (bicyclic) bond motifs is 1. The number of aryl methyl sites for hydroxylation is 1. The minimum Gasteiger partial charge on any atom is -0.378 e. The van der Waals surface area contributed by atoms with Crippen LogP contribution in [0.4, 0.5) is 5.82 Å². The summed E-state index contributed by atoms with van der Waals surface area (Å²) >= 11 is 0. The number of anilines is 1. The second-order valence-electron chi connectivity index (χ2n) is 9.22. The lowest BCUT2D eigenvalue weighted by atomic mass is 10.0. The molecule has 4 aromatic heterocycles. The first kappa shape index (κ1) is 23.1. The number of nitrogens with zero attached hydrogens (tertiary/aromatic N) is 6. The minimum absolute atomic E-state index is 0.143. The van der Waals surface area contributed by atoms with Crippen molar-refractivity contribution in [3.8, 4) is 22.5 Å². The second-order valence-corrected chi connectivity index (χ2v) is 9.22. The van der Waals surface area contributed by atoms with Crippen LogP contribution in [0.15, 0.2) is 67.3 Å². The third-order valence-corrected chi connectivity index (χ3v) is 6.69. The lowest BCUT2D eigenvalue weighted by molar-refractivity contribution is -0.117. The van der Waals surface area contributed by atoms with Crippen LogP contribution in [-0.4, -0.2) is 61.8 Å². The quantitative estimate of drug-likeness (QED) is 0.370. The van der Waals surface area contributed by atoms with Crippen molar-refractivity contribution in [2.75, 3.05) is 31.2 Å². The maximum atomic E-state index is 12.9. The minimum atomic E-state index is 0.143. The molecule has 1 N–H and O–H groups in total. The van der Waals surface area contributed by atoms with E-state index < -0.39 is 0 Å². The highest BCUT2D eigenvalue weighted by atomic mass is 16.5. The number of carbonyl (C=O) groups is 1. The molecule has 0 radical (unpaired) electrons. The van der Waals surface area contributed by atoms with E-state index in [9.17, 15) is 4.79 Å². The van der Waals surface area contributed by atoms with Crippen molar-refractivity contribution in [1.82, 2.24) is 29.7 Å². The molecule has 6 rings (SSSR count). The van der Waals surface area contributed by atoms with E-state index in [0.29, 0.717) is 26.1 Å². The first-order valence-corrected chi connectivity index (χ1v) is 12.3. The predicted molar refractivity (Wildman–Crippen MR) is 141 cm³/mol. The van der Waals surface area contributed by atoms with Crippen molar-refractivity contribution in [2.45, 2.75) is 12.8 Å². The molecule has 9 nitrogen and oxygen atoms in total. The van der Waals surface area contributed by atoms with Crippen molar-refractivity contribution < 1.29 is 9.53 Å². The van der Waals surface area contributed by atoms with Gasteiger partial charge in [-0.25, -0.2) is 9.97 Å².